The molecule has 0 aromatic carbocycles. The minimum atomic E-state index is -4.34. The summed E-state index contributed by atoms with van der Waals surface area (Å²) in [4.78, 5) is 0. The van der Waals surface area contributed by atoms with E-state index in [9.17, 15) is 21.6 Å². The predicted octanol–water partition coefficient (Wildman–Crippen LogP) is 0.874. The normalized spacial score (nSPS) is 18.9. The second kappa shape index (κ2) is 4.92. The third kappa shape index (κ3) is 5.62. The Kier molecular flexibility index (Phi) is 4.30. The van der Waals surface area contributed by atoms with Crippen molar-refractivity contribution in [1.82, 2.24) is 5.32 Å². The van der Waals surface area contributed by atoms with Gasteiger partial charge in [0.05, 0.1) is 11.5 Å². The molecule has 15 heavy (non-hydrogen) atoms. The van der Waals surface area contributed by atoms with Crippen LogP contribution in [0, 0.1) is 5.92 Å². The maximum atomic E-state index is 11.7. The van der Waals surface area contributed by atoms with E-state index in [0.717, 1.165) is 0 Å². The molecule has 0 aromatic heterocycles. The summed E-state index contributed by atoms with van der Waals surface area (Å²) >= 11 is -0.282. The van der Waals surface area contributed by atoms with Crippen molar-refractivity contribution in [2.75, 3.05) is 30.3 Å². The molecule has 3 nitrogen and oxygen atoms in total. The first-order valence-corrected chi connectivity index (χ1v) is 7.21. The molecular weight excluding hydrogens is 251 g/mol. The molecule has 0 atom stereocenters. The number of thioether (sulfide) groups is 1. The van der Waals surface area contributed by atoms with E-state index >= 15 is 0 Å². The largest absolute Gasteiger partial charge is 0.441 e. The third-order valence-electron chi connectivity index (χ3n) is 2.02. The van der Waals surface area contributed by atoms with E-state index in [-0.39, 0.29) is 23.4 Å². The molecule has 1 aliphatic heterocycles. The van der Waals surface area contributed by atoms with Gasteiger partial charge < -0.3 is 5.32 Å². The van der Waals surface area contributed by atoms with Crippen LogP contribution in [0.5, 0.6) is 0 Å². The molecule has 0 aromatic rings. The lowest BCUT2D eigenvalue weighted by molar-refractivity contribution is -0.0326. The monoisotopic (exact) mass is 263 g/mol. The molecule has 0 aliphatic carbocycles. The number of hydrogen-bond acceptors (Lipinski definition) is 4. The summed E-state index contributed by atoms with van der Waals surface area (Å²) in [5.74, 6) is -0.733. The highest BCUT2D eigenvalue weighted by molar-refractivity contribution is 8.01. The lowest BCUT2D eigenvalue weighted by Gasteiger charge is -2.26. The average molecular weight is 263 g/mol. The molecule has 90 valence electrons. The molecule has 1 heterocycles. The minimum absolute atomic E-state index is 0.00157. The Balaban J connectivity index is 2.23. The molecule has 1 fully saturated rings. The lowest BCUT2D eigenvalue weighted by atomic mass is 10.1. The molecule has 0 spiro atoms. The first-order chi connectivity index (χ1) is 6.79. The zero-order chi connectivity index (χ0) is 11.5. The summed E-state index contributed by atoms with van der Waals surface area (Å²) in [6.45, 7) is 1.29. The topological polar surface area (TPSA) is 46.2 Å². The number of nitrogens with one attached hydrogen (secondary N) is 1. The molecule has 0 bridgehead atoms. The van der Waals surface area contributed by atoms with Crippen molar-refractivity contribution in [2.45, 2.75) is 5.51 Å². The number of rotatable bonds is 5. The quantitative estimate of drug-likeness (QED) is 0.799. The molecule has 1 saturated heterocycles. The van der Waals surface area contributed by atoms with Crippen LogP contribution in [0.1, 0.15) is 0 Å². The second-order valence-corrected chi connectivity index (χ2v) is 6.82. The van der Waals surface area contributed by atoms with Crippen LogP contribution in [0.4, 0.5) is 13.2 Å². The fraction of sp³-hybridized carbons (Fsp3) is 1.00. The number of sulfone groups is 1. The second-order valence-electron chi connectivity index (χ2n) is 3.43. The van der Waals surface area contributed by atoms with Crippen LogP contribution in [-0.2, 0) is 9.84 Å². The Morgan fingerprint density at radius 2 is 1.93 bits per heavy atom. The van der Waals surface area contributed by atoms with Gasteiger partial charge in [0, 0.05) is 18.8 Å². The molecular formula is C7H12F3NO2S2. The van der Waals surface area contributed by atoms with Gasteiger partial charge in [0.25, 0.3) is 0 Å². The van der Waals surface area contributed by atoms with Crippen molar-refractivity contribution in [2.24, 2.45) is 5.92 Å². The smallest absolute Gasteiger partial charge is 0.316 e. The Morgan fingerprint density at radius 1 is 1.33 bits per heavy atom. The highest BCUT2D eigenvalue weighted by atomic mass is 32.2. The average Bonchev–Trinajstić information content (AvgIpc) is 1.94. The first-order valence-electron chi connectivity index (χ1n) is 4.40. The Hall–Kier alpha value is 0.0500. The SMILES string of the molecule is O=S(=O)(CCSC(F)(F)F)CC1CNC1. The Labute approximate surface area is 90.7 Å². The van der Waals surface area contributed by atoms with Gasteiger partial charge in [-0.05, 0) is 17.7 Å². The van der Waals surface area contributed by atoms with Gasteiger partial charge in [-0.15, -0.1) is 0 Å². The zero-order valence-corrected chi connectivity index (χ0v) is 9.51. The Bertz CT molecular complexity index is 298. The van der Waals surface area contributed by atoms with Crippen LogP contribution < -0.4 is 5.32 Å². The van der Waals surface area contributed by atoms with Gasteiger partial charge in [0.15, 0.2) is 9.84 Å². The van der Waals surface area contributed by atoms with Crippen LogP contribution in [0.25, 0.3) is 0 Å². The van der Waals surface area contributed by atoms with Gasteiger partial charge in [0.2, 0.25) is 0 Å². The molecule has 8 heteroatoms. The summed E-state index contributed by atoms with van der Waals surface area (Å²) in [6.07, 6.45) is 0. The molecule has 0 radical (unpaired) electrons. The van der Waals surface area contributed by atoms with Crippen molar-refractivity contribution in [3.8, 4) is 0 Å². The van der Waals surface area contributed by atoms with Gasteiger partial charge in [-0.1, -0.05) is 0 Å². The lowest BCUT2D eigenvalue weighted by Crippen LogP contribution is -2.46. The van der Waals surface area contributed by atoms with E-state index in [0.29, 0.717) is 13.1 Å². The van der Waals surface area contributed by atoms with Crippen LogP contribution in [0.3, 0.4) is 0 Å². The highest BCUT2D eigenvalue weighted by Gasteiger charge is 2.30. The van der Waals surface area contributed by atoms with Crippen molar-refractivity contribution in [1.29, 1.82) is 0 Å². The minimum Gasteiger partial charge on any atom is -0.316 e. The van der Waals surface area contributed by atoms with Gasteiger partial charge in [0.1, 0.15) is 0 Å². The van der Waals surface area contributed by atoms with Crippen molar-refractivity contribution >= 4 is 21.6 Å². The van der Waals surface area contributed by atoms with E-state index in [2.05, 4.69) is 5.32 Å². The Morgan fingerprint density at radius 3 is 2.33 bits per heavy atom. The number of halogens is 3. The zero-order valence-electron chi connectivity index (χ0n) is 7.88. The van der Waals surface area contributed by atoms with Gasteiger partial charge >= 0.3 is 5.51 Å². The van der Waals surface area contributed by atoms with Crippen LogP contribution in [-0.4, -0.2) is 44.3 Å². The molecule has 1 N–H and O–H groups in total. The maximum absolute atomic E-state index is 11.7. The molecule has 1 aliphatic rings. The van der Waals surface area contributed by atoms with Crippen LogP contribution in [0.15, 0.2) is 0 Å². The van der Waals surface area contributed by atoms with E-state index in [1.54, 1.807) is 0 Å². The van der Waals surface area contributed by atoms with E-state index in [1.165, 1.54) is 0 Å². The molecule has 0 unspecified atom stereocenters. The summed E-state index contributed by atoms with van der Waals surface area (Å²) in [5, 5.41) is 2.91. The number of alkyl halides is 3. The highest BCUT2D eigenvalue weighted by Crippen LogP contribution is 2.30. The van der Waals surface area contributed by atoms with Crippen LogP contribution in [0.2, 0.25) is 0 Å². The summed E-state index contributed by atoms with van der Waals surface area (Å²) in [5.41, 5.74) is -4.34. The maximum Gasteiger partial charge on any atom is 0.441 e. The van der Waals surface area contributed by atoms with E-state index in [4.69, 9.17) is 0 Å². The third-order valence-corrected chi connectivity index (χ3v) is 4.82. The van der Waals surface area contributed by atoms with E-state index in [1.807, 2.05) is 0 Å². The molecule has 0 saturated carbocycles. The molecule has 0 amide bonds. The fourth-order valence-corrected chi connectivity index (χ4v) is 3.89. The van der Waals surface area contributed by atoms with E-state index < -0.39 is 26.9 Å². The summed E-state index contributed by atoms with van der Waals surface area (Å²) in [6, 6.07) is 0. The van der Waals surface area contributed by atoms with Crippen molar-refractivity contribution in [3.05, 3.63) is 0 Å². The summed E-state index contributed by atoms with van der Waals surface area (Å²) < 4.78 is 57.8. The molecule has 1 rings (SSSR count). The van der Waals surface area contributed by atoms with Gasteiger partial charge in [-0.3, -0.25) is 0 Å². The number of hydrogen-bond donors (Lipinski definition) is 1. The summed E-state index contributed by atoms with van der Waals surface area (Å²) in [7, 11) is -3.32. The van der Waals surface area contributed by atoms with Gasteiger partial charge in [-0.25, -0.2) is 8.42 Å². The van der Waals surface area contributed by atoms with Gasteiger partial charge in [-0.2, -0.15) is 13.2 Å². The predicted molar refractivity (Wildman–Crippen MR) is 53.5 cm³/mol. The van der Waals surface area contributed by atoms with Crippen molar-refractivity contribution in [3.63, 3.8) is 0 Å². The first kappa shape index (κ1) is 13.1. The van der Waals surface area contributed by atoms with Crippen molar-refractivity contribution < 1.29 is 21.6 Å². The standard InChI is InChI=1S/C7H12F3NO2S2/c8-7(9,10)14-1-2-15(12,13)5-6-3-11-4-6/h6,11H,1-5H2. The van der Waals surface area contributed by atoms with Crippen LogP contribution >= 0.6 is 11.8 Å². The fourth-order valence-electron chi connectivity index (χ4n) is 1.19.